The van der Waals surface area contributed by atoms with Crippen LogP contribution in [0.1, 0.15) is 36.7 Å². The van der Waals surface area contributed by atoms with Gasteiger partial charge in [0.1, 0.15) is 29.1 Å². The van der Waals surface area contributed by atoms with Crippen LogP contribution in [-0.4, -0.2) is 53.2 Å². The van der Waals surface area contributed by atoms with Gasteiger partial charge in [-0.2, -0.15) is 4.39 Å². The summed E-state index contributed by atoms with van der Waals surface area (Å²) in [6.07, 6.45) is -0.00861. The van der Waals surface area contributed by atoms with Crippen LogP contribution < -0.4 is 15.8 Å². The molecule has 0 radical (unpaired) electrons. The third kappa shape index (κ3) is 5.11. The lowest BCUT2D eigenvalue weighted by atomic mass is 9.93. The highest BCUT2D eigenvalue weighted by atomic mass is 19.1. The maximum absolute atomic E-state index is 15.0. The van der Waals surface area contributed by atoms with Gasteiger partial charge >= 0.3 is 6.09 Å². The lowest BCUT2D eigenvalue weighted by molar-refractivity contribution is -0.0221. The van der Waals surface area contributed by atoms with Gasteiger partial charge in [0.25, 0.3) is 5.91 Å². The molecular weight excluding hydrogens is 494 g/mol. The van der Waals surface area contributed by atoms with Crippen LogP contribution >= 0.6 is 0 Å². The van der Waals surface area contributed by atoms with Crippen molar-refractivity contribution in [2.45, 2.75) is 38.9 Å². The fourth-order valence-electron chi connectivity index (χ4n) is 4.46. The first-order valence-electron chi connectivity index (χ1n) is 12.3. The molecular formula is C28H28F2N4O4. The molecule has 2 aliphatic rings. The Balaban J connectivity index is 1.33. The largest absolute Gasteiger partial charge is 0.487 e. The highest BCUT2D eigenvalue weighted by Gasteiger charge is 2.35. The van der Waals surface area contributed by atoms with Crippen LogP contribution in [0.15, 0.2) is 42.5 Å². The summed E-state index contributed by atoms with van der Waals surface area (Å²) in [6, 6.07) is 11.0. The number of nitrogens with zero attached hydrogens (tertiary/aromatic N) is 2. The number of halogens is 2. The van der Waals surface area contributed by atoms with Crippen LogP contribution in [0.5, 0.6) is 5.75 Å². The van der Waals surface area contributed by atoms with Gasteiger partial charge in [-0.25, -0.2) is 14.2 Å². The monoisotopic (exact) mass is 522 g/mol. The number of carbonyl (C=O) groups is 2. The molecule has 0 atom stereocenters. The molecule has 1 aromatic heterocycles. The van der Waals surface area contributed by atoms with Gasteiger partial charge in [0.2, 0.25) is 5.95 Å². The van der Waals surface area contributed by atoms with Gasteiger partial charge in [-0.15, -0.1) is 0 Å². The van der Waals surface area contributed by atoms with E-state index in [0.29, 0.717) is 42.9 Å². The van der Waals surface area contributed by atoms with Crippen molar-refractivity contribution in [3.63, 3.8) is 0 Å². The van der Waals surface area contributed by atoms with Gasteiger partial charge in [-0.3, -0.25) is 4.79 Å². The molecule has 1 saturated heterocycles. The van der Waals surface area contributed by atoms with Crippen molar-refractivity contribution in [1.29, 1.82) is 0 Å². The number of hydrogen-bond acceptors (Lipinski definition) is 6. The molecule has 0 bridgehead atoms. The third-order valence-corrected chi connectivity index (χ3v) is 6.38. The molecule has 2 aromatic carbocycles. The van der Waals surface area contributed by atoms with E-state index in [1.54, 1.807) is 35.2 Å². The van der Waals surface area contributed by atoms with E-state index in [0.717, 1.165) is 0 Å². The minimum absolute atomic E-state index is 0.148. The second kappa shape index (κ2) is 9.59. The minimum atomic E-state index is -0.787. The summed E-state index contributed by atoms with van der Waals surface area (Å²) in [4.78, 5) is 29.5. The van der Waals surface area contributed by atoms with Gasteiger partial charge in [0.05, 0.1) is 13.1 Å². The average Bonchev–Trinajstić information content (AvgIpc) is 2.81. The smallest absolute Gasteiger partial charge is 0.410 e. The zero-order valence-electron chi connectivity index (χ0n) is 21.3. The standard InChI is InChI=1S/C28H28F2N4O4/c1-28(2,3)38-27(36)34-13-18(14-34)37-17-6-4-15(5-7-17)19-11-22(25(31)33-24(19)30)21-10-16-8-9-32-26(35)20(16)12-23(21)29/h4-7,10-12,18H,8-9,13-14H2,1-3H3,(H2,31,33)(H,32,35). The van der Waals surface area contributed by atoms with Gasteiger partial charge in [-0.1, -0.05) is 12.1 Å². The molecule has 0 spiro atoms. The normalized spacial score (nSPS) is 15.4. The minimum Gasteiger partial charge on any atom is -0.487 e. The van der Waals surface area contributed by atoms with Crippen molar-refractivity contribution >= 4 is 17.8 Å². The maximum Gasteiger partial charge on any atom is 0.410 e. The number of carbonyl (C=O) groups excluding carboxylic acids is 2. The van der Waals surface area contributed by atoms with Crippen LogP contribution in [0.25, 0.3) is 22.3 Å². The summed E-state index contributed by atoms with van der Waals surface area (Å²) in [5.41, 5.74) is 7.45. The summed E-state index contributed by atoms with van der Waals surface area (Å²) in [6.45, 7) is 6.70. The van der Waals surface area contributed by atoms with E-state index in [1.807, 2.05) is 20.8 Å². The lowest BCUT2D eigenvalue weighted by Gasteiger charge is -2.39. The number of fused-ring (bicyclic) bond motifs is 1. The molecule has 8 nitrogen and oxygen atoms in total. The molecule has 2 aliphatic heterocycles. The molecule has 1 fully saturated rings. The molecule has 3 aromatic rings. The fourth-order valence-corrected chi connectivity index (χ4v) is 4.46. The number of rotatable bonds is 4. The second-order valence-corrected chi connectivity index (χ2v) is 10.4. The number of ether oxygens (including phenoxy) is 2. The van der Waals surface area contributed by atoms with E-state index in [1.165, 1.54) is 12.1 Å². The number of pyridine rings is 1. The number of likely N-dealkylation sites (tertiary alicyclic amines) is 1. The number of nitrogen functional groups attached to an aromatic ring is 1. The van der Waals surface area contributed by atoms with Gasteiger partial charge in [0, 0.05) is 28.8 Å². The number of anilines is 1. The van der Waals surface area contributed by atoms with Crippen molar-refractivity contribution in [1.82, 2.24) is 15.2 Å². The Bertz CT molecular complexity index is 1410. The van der Waals surface area contributed by atoms with E-state index in [4.69, 9.17) is 15.2 Å². The highest BCUT2D eigenvalue weighted by Crippen LogP contribution is 2.35. The molecule has 10 heteroatoms. The second-order valence-electron chi connectivity index (χ2n) is 10.4. The van der Waals surface area contributed by atoms with Gasteiger partial charge in [0.15, 0.2) is 0 Å². The SMILES string of the molecule is CC(C)(C)OC(=O)N1CC(Oc2ccc(-c3cc(-c4cc5c(cc4F)C(=O)NCC5)c(N)nc3F)cc2)C1. The van der Waals surface area contributed by atoms with Crippen molar-refractivity contribution in [3.8, 4) is 28.0 Å². The predicted octanol–water partition coefficient (Wildman–Crippen LogP) is 4.56. The molecule has 2 amide bonds. The molecule has 0 unspecified atom stereocenters. The maximum atomic E-state index is 15.0. The summed E-state index contributed by atoms with van der Waals surface area (Å²) in [5.74, 6) is -1.35. The molecule has 0 saturated carbocycles. The van der Waals surface area contributed by atoms with Crippen molar-refractivity contribution in [2.24, 2.45) is 0 Å². The topological polar surface area (TPSA) is 107 Å². The number of benzene rings is 2. The predicted molar refractivity (Wildman–Crippen MR) is 138 cm³/mol. The van der Waals surface area contributed by atoms with E-state index in [2.05, 4.69) is 10.3 Å². The van der Waals surface area contributed by atoms with E-state index in [-0.39, 0.29) is 46.2 Å². The molecule has 0 aliphatic carbocycles. The summed E-state index contributed by atoms with van der Waals surface area (Å²) >= 11 is 0. The molecule has 198 valence electrons. The number of nitrogens with two attached hydrogens (primary N) is 1. The number of hydrogen-bond donors (Lipinski definition) is 2. The molecule has 3 N–H and O–H groups in total. The van der Waals surface area contributed by atoms with Crippen molar-refractivity contribution < 1.29 is 27.8 Å². The Hall–Kier alpha value is -4.21. The first kappa shape index (κ1) is 25.4. The van der Waals surface area contributed by atoms with E-state index in [9.17, 15) is 14.0 Å². The first-order chi connectivity index (χ1) is 18.0. The molecule has 38 heavy (non-hydrogen) atoms. The zero-order chi connectivity index (χ0) is 27.2. The first-order valence-corrected chi connectivity index (χ1v) is 12.3. The van der Waals surface area contributed by atoms with E-state index >= 15 is 4.39 Å². The summed E-state index contributed by atoms with van der Waals surface area (Å²) in [7, 11) is 0. The summed E-state index contributed by atoms with van der Waals surface area (Å²) in [5, 5.41) is 2.69. The molecule has 5 rings (SSSR count). The third-order valence-electron chi connectivity index (χ3n) is 6.38. The van der Waals surface area contributed by atoms with Crippen LogP contribution in [0.3, 0.4) is 0 Å². The number of nitrogens with one attached hydrogen (secondary N) is 1. The Morgan fingerprint density at radius 1 is 1.05 bits per heavy atom. The van der Waals surface area contributed by atoms with E-state index < -0.39 is 17.4 Å². The van der Waals surface area contributed by atoms with Crippen LogP contribution in [0, 0.1) is 11.8 Å². The molecule has 3 heterocycles. The van der Waals surface area contributed by atoms with Crippen LogP contribution in [-0.2, 0) is 11.2 Å². The van der Waals surface area contributed by atoms with Crippen LogP contribution in [0.4, 0.5) is 19.4 Å². The number of aromatic nitrogens is 1. The lowest BCUT2D eigenvalue weighted by Crippen LogP contribution is -2.57. The van der Waals surface area contributed by atoms with Gasteiger partial charge in [-0.05, 0) is 68.7 Å². The zero-order valence-corrected chi connectivity index (χ0v) is 21.3. The van der Waals surface area contributed by atoms with Gasteiger partial charge < -0.3 is 25.4 Å². The Labute approximate surface area is 218 Å². The van der Waals surface area contributed by atoms with Crippen molar-refractivity contribution in [3.05, 3.63) is 65.4 Å². The Morgan fingerprint density at radius 3 is 2.45 bits per heavy atom. The van der Waals surface area contributed by atoms with Crippen LogP contribution in [0.2, 0.25) is 0 Å². The fraction of sp³-hybridized carbons (Fsp3) is 0.321. The average molecular weight is 523 g/mol. The Kier molecular flexibility index (Phi) is 6.42. The highest BCUT2D eigenvalue weighted by molar-refractivity contribution is 5.97. The van der Waals surface area contributed by atoms with Crippen molar-refractivity contribution in [2.75, 3.05) is 25.4 Å². The Morgan fingerprint density at radius 2 is 1.76 bits per heavy atom. The number of amides is 2. The quantitative estimate of drug-likeness (QED) is 0.487. The summed E-state index contributed by atoms with van der Waals surface area (Å²) < 4.78 is 41.1.